The summed E-state index contributed by atoms with van der Waals surface area (Å²) in [6.07, 6.45) is 0. The van der Waals surface area contributed by atoms with Crippen molar-refractivity contribution in [2.75, 3.05) is 13.2 Å². The molecule has 0 amide bonds. The maximum Gasteiger partial charge on any atom is 0.198 e. The number of rotatable bonds is 2. The molecule has 5 heteroatoms. The molecule has 0 bridgehead atoms. The van der Waals surface area contributed by atoms with Crippen LogP contribution in [0.2, 0.25) is 0 Å². The van der Waals surface area contributed by atoms with Gasteiger partial charge in [0.25, 0.3) is 0 Å². The third kappa shape index (κ3) is 1.91. The highest BCUT2D eigenvalue weighted by atomic mass is 16.6. The van der Waals surface area contributed by atoms with E-state index in [4.69, 9.17) is 20.0 Å². The molecule has 2 rings (SSSR count). The Balaban J connectivity index is 2.44. The molecule has 0 spiro atoms. The van der Waals surface area contributed by atoms with Gasteiger partial charge in [0.1, 0.15) is 13.2 Å². The third-order valence-corrected chi connectivity index (χ3v) is 2.35. The van der Waals surface area contributed by atoms with E-state index in [9.17, 15) is 4.79 Å². The van der Waals surface area contributed by atoms with Gasteiger partial charge in [-0.25, -0.2) is 0 Å². The van der Waals surface area contributed by atoms with E-state index in [1.165, 1.54) is 6.07 Å². The molecule has 0 aliphatic carbocycles. The highest BCUT2D eigenvalue weighted by Gasteiger charge is 2.26. The summed E-state index contributed by atoms with van der Waals surface area (Å²) < 4.78 is 10.7. The van der Waals surface area contributed by atoms with Crippen LogP contribution in [0.15, 0.2) is 18.2 Å². The molecule has 17 heavy (non-hydrogen) atoms. The van der Waals surface area contributed by atoms with Gasteiger partial charge in [-0.15, -0.1) is 0 Å². The Hall–Kier alpha value is -2.53. The van der Waals surface area contributed by atoms with Gasteiger partial charge in [0.2, 0.25) is 0 Å². The molecule has 1 aromatic carbocycles. The summed E-state index contributed by atoms with van der Waals surface area (Å²) in [5.74, 6) is -1.08. The van der Waals surface area contributed by atoms with Crippen molar-refractivity contribution < 1.29 is 14.3 Å². The number of nitriles is 2. The standard InChI is InChI=1S/C12H8N2O3/c13-6-8(7-14)11(15)9-2-1-3-10-12(9)17-5-4-16-10/h1-3,8H,4-5H2. The number of hydrogen-bond donors (Lipinski definition) is 0. The summed E-state index contributed by atoms with van der Waals surface area (Å²) >= 11 is 0. The summed E-state index contributed by atoms with van der Waals surface area (Å²) in [4.78, 5) is 11.9. The minimum atomic E-state index is -1.31. The Kier molecular flexibility index (Phi) is 2.93. The number of Topliss-reactive ketones (excluding diaryl/α,β-unsaturated/α-hetero) is 1. The van der Waals surface area contributed by atoms with Crippen LogP contribution >= 0.6 is 0 Å². The Morgan fingerprint density at radius 3 is 2.65 bits per heavy atom. The molecule has 0 fully saturated rings. The lowest BCUT2D eigenvalue weighted by Crippen LogP contribution is -2.19. The Morgan fingerprint density at radius 1 is 1.24 bits per heavy atom. The van der Waals surface area contributed by atoms with Gasteiger partial charge in [-0.1, -0.05) is 6.07 Å². The number of ketones is 1. The van der Waals surface area contributed by atoms with Crippen molar-refractivity contribution in [1.82, 2.24) is 0 Å². The van der Waals surface area contributed by atoms with E-state index in [-0.39, 0.29) is 5.56 Å². The minimum Gasteiger partial charge on any atom is -0.486 e. The van der Waals surface area contributed by atoms with Gasteiger partial charge in [-0.2, -0.15) is 10.5 Å². The number of para-hydroxylation sites is 1. The molecule has 0 saturated heterocycles. The monoisotopic (exact) mass is 228 g/mol. The van der Waals surface area contributed by atoms with Crippen molar-refractivity contribution in [2.24, 2.45) is 5.92 Å². The van der Waals surface area contributed by atoms with Gasteiger partial charge in [0.15, 0.2) is 23.2 Å². The van der Waals surface area contributed by atoms with Gasteiger partial charge >= 0.3 is 0 Å². The number of fused-ring (bicyclic) bond motifs is 1. The van der Waals surface area contributed by atoms with Crippen LogP contribution in [0.1, 0.15) is 10.4 Å². The molecule has 0 aromatic heterocycles. The van der Waals surface area contributed by atoms with Crippen LogP contribution in [-0.2, 0) is 0 Å². The zero-order valence-corrected chi connectivity index (χ0v) is 8.84. The molecular weight excluding hydrogens is 220 g/mol. The molecule has 1 aliphatic heterocycles. The highest BCUT2D eigenvalue weighted by molar-refractivity contribution is 6.03. The lowest BCUT2D eigenvalue weighted by molar-refractivity contribution is 0.0959. The van der Waals surface area contributed by atoms with Crippen molar-refractivity contribution in [1.29, 1.82) is 10.5 Å². The van der Waals surface area contributed by atoms with Crippen molar-refractivity contribution in [2.45, 2.75) is 0 Å². The van der Waals surface area contributed by atoms with E-state index in [2.05, 4.69) is 0 Å². The molecule has 5 nitrogen and oxygen atoms in total. The van der Waals surface area contributed by atoms with Crippen molar-refractivity contribution in [3.05, 3.63) is 23.8 Å². The predicted octanol–water partition coefficient (Wildman–Crippen LogP) is 1.30. The first-order chi connectivity index (χ1) is 8.27. The summed E-state index contributed by atoms with van der Waals surface area (Å²) in [6.45, 7) is 0.769. The second-order valence-corrected chi connectivity index (χ2v) is 3.39. The molecule has 0 radical (unpaired) electrons. The van der Waals surface area contributed by atoms with E-state index in [0.29, 0.717) is 24.7 Å². The zero-order valence-electron chi connectivity index (χ0n) is 8.84. The summed E-state index contributed by atoms with van der Waals surface area (Å²) in [7, 11) is 0. The molecule has 1 heterocycles. The number of carbonyl (C=O) groups is 1. The predicted molar refractivity (Wildman–Crippen MR) is 56.5 cm³/mol. The summed E-state index contributed by atoms with van der Waals surface area (Å²) in [6, 6.07) is 8.14. The van der Waals surface area contributed by atoms with Crippen LogP contribution in [0.4, 0.5) is 0 Å². The molecule has 1 aromatic rings. The number of ether oxygens (including phenoxy) is 2. The fourth-order valence-corrected chi connectivity index (χ4v) is 1.57. The summed E-state index contributed by atoms with van der Waals surface area (Å²) in [5, 5.41) is 17.4. The first-order valence-electron chi connectivity index (χ1n) is 5.00. The Bertz CT molecular complexity index is 526. The smallest absolute Gasteiger partial charge is 0.198 e. The van der Waals surface area contributed by atoms with E-state index in [1.54, 1.807) is 24.3 Å². The maximum atomic E-state index is 11.9. The van der Waals surface area contributed by atoms with Gasteiger partial charge in [0, 0.05) is 0 Å². The molecular formula is C12H8N2O3. The first-order valence-corrected chi connectivity index (χ1v) is 5.00. The average molecular weight is 228 g/mol. The minimum absolute atomic E-state index is 0.218. The van der Waals surface area contributed by atoms with Crippen LogP contribution in [0.25, 0.3) is 0 Å². The third-order valence-electron chi connectivity index (χ3n) is 2.35. The topological polar surface area (TPSA) is 83.1 Å². The highest BCUT2D eigenvalue weighted by Crippen LogP contribution is 2.34. The van der Waals surface area contributed by atoms with Crippen LogP contribution in [0, 0.1) is 28.6 Å². The van der Waals surface area contributed by atoms with Crippen LogP contribution in [0.3, 0.4) is 0 Å². The number of hydrogen-bond acceptors (Lipinski definition) is 5. The van der Waals surface area contributed by atoms with E-state index < -0.39 is 11.7 Å². The van der Waals surface area contributed by atoms with E-state index >= 15 is 0 Å². The summed E-state index contributed by atoms with van der Waals surface area (Å²) in [5.41, 5.74) is 0.218. The van der Waals surface area contributed by atoms with Gasteiger partial charge in [-0.05, 0) is 12.1 Å². The van der Waals surface area contributed by atoms with Crippen molar-refractivity contribution >= 4 is 5.78 Å². The van der Waals surface area contributed by atoms with E-state index in [1.807, 2.05) is 0 Å². The van der Waals surface area contributed by atoms with Gasteiger partial charge in [0.05, 0.1) is 17.7 Å². The SMILES string of the molecule is N#CC(C#N)C(=O)c1cccc2c1OCCO2. The van der Waals surface area contributed by atoms with E-state index in [0.717, 1.165) is 0 Å². The number of carbonyl (C=O) groups excluding carboxylic acids is 1. The van der Waals surface area contributed by atoms with Gasteiger partial charge in [-0.3, -0.25) is 4.79 Å². The number of benzene rings is 1. The Morgan fingerprint density at radius 2 is 1.94 bits per heavy atom. The lowest BCUT2D eigenvalue weighted by Gasteiger charge is -2.20. The van der Waals surface area contributed by atoms with Crippen LogP contribution in [0.5, 0.6) is 11.5 Å². The Labute approximate surface area is 97.8 Å². The average Bonchev–Trinajstić information content (AvgIpc) is 2.39. The normalized spacial score (nSPS) is 12.6. The second-order valence-electron chi connectivity index (χ2n) is 3.39. The molecule has 0 unspecified atom stereocenters. The van der Waals surface area contributed by atoms with Crippen LogP contribution < -0.4 is 9.47 Å². The fourth-order valence-electron chi connectivity index (χ4n) is 1.57. The maximum absolute atomic E-state index is 11.9. The molecule has 0 atom stereocenters. The van der Waals surface area contributed by atoms with Crippen molar-refractivity contribution in [3.8, 4) is 23.6 Å². The van der Waals surface area contributed by atoms with Gasteiger partial charge < -0.3 is 9.47 Å². The fraction of sp³-hybridized carbons (Fsp3) is 0.250. The molecule has 84 valence electrons. The zero-order chi connectivity index (χ0) is 12.3. The quantitative estimate of drug-likeness (QED) is 0.712. The molecule has 0 saturated carbocycles. The first kappa shape index (κ1) is 11.0. The van der Waals surface area contributed by atoms with Crippen molar-refractivity contribution in [3.63, 3.8) is 0 Å². The van der Waals surface area contributed by atoms with Crippen LogP contribution in [-0.4, -0.2) is 19.0 Å². The molecule has 1 aliphatic rings. The molecule has 0 N–H and O–H groups in total. The second kappa shape index (κ2) is 4.54. The largest absolute Gasteiger partial charge is 0.486 e. The lowest BCUT2D eigenvalue weighted by atomic mass is 9.99. The number of nitrogens with zero attached hydrogens (tertiary/aromatic N) is 2.